The Hall–Kier alpha value is -2.31. The minimum Gasteiger partial charge on any atom is -0.463 e. The standard InChI is InChI=1S/C16H25N3O4/c1-11(2)9-13(18-15(21)23-16(3,4)5)14(20)19-17-10-12-7-6-8-22-12/h6-8,10-11,13H,9H2,1-5H3,(H,18,21)(H,19,20)/b17-10+/t13-/m0/s1. The van der Waals surface area contributed by atoms with Crippen LogP contribution in [0.3, 0.4) is 0 Å². The third-order valence-electron chi connectivity index (χ3n) is 2.62. The summed E-state index contributed by atoms with van der Waals surface area (Å²) in [6.45, 7) is 9.21. The minimum absolute atomic E-state index is 0.217. The van der Waals surface area contributed by atoms with E-state index in [1.807, 2.05) is 13.8 Å². The molecule has 0 aliphatic carbocycles. The summed E-state index contributed by atoms with van der Waals surface area (Å²) in [7, 11) is 0. The van der Waals surface area contributed by atoms with E-state index >= 15 is 0 Å². The van der Waals surface area contributed by atoms with E-state index in [1.165, 1.54) is 12.5 Å². The number of nitrogens with zero attached hydrogens (tertiary/aromatic N) is 1. The van der Waals surface area contributed by atoms with E-state index in [9.17, 15) is 9.59 Å². The number of amides is 2. The van der Waals surface area contributed by atoms with Gasteiger partial charge in [-0.25, -0.2) is 10.2 Å². The Morgan fingerprint density at radius 1 is 1.39 bits per heavy atom. The average Bonchev–Trinajstić information content (AvgIpc) is 2.88. The number of ether oxygens (including phenoxy) is 1. The van der Waals surface area contributed by atoms with Crippen molar-refractivity contribution in [3.05, 3.63) is 24.2 Å². The van der Waals surface area contributed by atoms with Crippen LogP contribution in [0, 0.1) is 5.92 Å². The van der Waals surface area contributed by atoms with Gasteiger partial charge in [0.15, 0.2) is 0 Å². The van der Waals surface area contributed by atoms with Crippen LogP contribution in [0.25, 0.3) is 0 Å². The zero-order valence-corrected chi connectivity index (χ0v) is 14.3. The van der Waals surface area contributed by atoms with Gasteiger partial charge >= 0.3 is 6.09 Å². The van der Waals surface area contributed by atoms with Gasteiger partial charge in [-0.05, 0) is 45.2 Å². The molecule has 2 amide bonds. The molecule has 1 heterocycles. The lowest BCUT2D eigenvalue weighted by atomic mass is 10.0. The Kier molecular flexibility index (Phi) is 6.81. The number of hydrogen-bond acceptors (Lipinski definition) is 5. The molecule has 0 bridgehead atoms. The molecule has 0 fully saturated rings. The van der Waals surface area contributed by atoms with Gasteiger partial charge in [0.2, 0.25) is 0 Å². The molecule has 1 aromatic rings. The third-order valence-corrected chi connectivity index (χ3v) is 2.62. The van der Waals surface area contributed by atoms with Crippen molar-refractivity contribution < 1.29 is 18.7 Å². The topological polar surface area (TPSA) is 92.9 Å². The van der Waals surface area contributed by atoms with E-state index in [-0.39, 0.29) is 5.92 Å². The number of hydrazone groups is 1. The van der Waals surface area contributed by atoms with Gasteiger partial charge in [0, 0.05) is 0 Å². The molecule has 0 aliphatic heterocycles. The van der Waals surface area contributed by atoms with Gasteiger partial charge in [-0.15, -0.1) is 0 Å². The maximum atomic E-state index is 12.2. The fraction of sp³-hybridized carbons (Fsp3) is 0.562. The summed E-state index contributed by atoms with van der Waals surface area (Å²) in [4.78, 5) is 24.0. The molecule has 0 radical (unpaired) electrons. The zero-order valence-electron chi connectivity index (χ0n) is 14.3. The number of alkyl carbamates (subject to hydrolysis) is 1. The number of rotatable bonds is 6. The smallest absolute Gasteiger partial charge is 0.408 e. The highest BCUT2D eigenvalue weighted by molar-refractivity contribution is 5.86. The van der Waals surface area contributed by atoms with Crippen LogP contribution in [-0.2, 0) is 9.53 Å². The molecule has 23 heavy (non-hydrogen) atoms. The maximum absolute atomic E-state index is 12.2. The molecule has 0 aliphatic rings. The highest BCUT2D eigenvalue weighted by Gasteiger charge is 2.24. The molecule has 1 atom stereocenters. The van der Waals surface area contributed by atoms with Crippen LogP contribution < -0.4 is 10.7 Å². The first-order valence-electron chi connectivity index (χ1n) is 7.53. The fourth-order valence-corrected chi connectivity index (χ4v) is 1.75. The molecular weight excluding hydrogens is 298 g/mol. The zero-order chi connectivity index (χ0) is 17.5. The number of nitrogens with one attached hydrogen (secondary N) is 2. The Balaban J connectivity index is 2.61. The predicted octanol–water partition coefficient (Wildman–Crippen LogP) is 2.67. The molecule has 0 unspecified atom stereocenters. The monoisotopic (exact) mass is 323 g/mol. The number of hydrogen-bond donors (Lipinski definition) is 2. The van der Waals surface area contributed by atoms with Gasteiger partial charge < -0.3 is 14.5 Å². The van der Waals surface area contributed by atoms with E-state index in [2.05, 4.69) is 15.8 Å². The lowest BCUT2D eigenvalue weighted by Crippen LogP contribution is -2.47. The van der Waals surface area contributed by atoms with Gasteiger partial charge in [-0.2, -0.15) is 5.10 Å². The summed E-state index contributed by atoms with van der Waals surface area (Å²) < 4.78 is 10.2. The van der Waals surface area contributed by atoms with Crippen LogP contribution in [0.5, 0.6) is 0 Å². The molecule has 0 saturated heterocycles. The molecule has 1 aromatic heterocycles. The van der Waals surface area contributed by atoms with E-state index in [0.29, 0.717) is 12.2 Å². The quantitative estimate of drug-likeness (QED) is 0.622. The van der Waals surface area contributed by atoms with Gasteiger partial charge in [0.25, 0.3) is 5.91 Å². The molecule has 7 heteroatoms. The third kappa shape index (κ3) is 8.04. The molecule has 2 N–H and O–H groups in total. The fourth-order valence-electron chi connectivity index (χ4n) is 1.75. The number of furan rings is 1. The van der Waals surface area contributed by atoms with E-state index in [1.54, 1.807) is 32.9 Å². The van der Waals surface area contributed by atoms with Crippen molar-refractivity contribution in [2.75, 3.05) is 0 Å². The van der Waals surface area contributed by atoms with E-state index in [0.717, 1.165) is 0 Å². The maximum Gasteiger partial charge on any atom is 0.408 e. The Labute approximate surface area is 136 Å². The van der Waals surface area contributed by atoms with Gasteiger partial charge in [0.05, 0.1) is 12.5 Å². The second-order valence-electron chi connectivity index (χ2n) is 6.58. The molecule has 0 saturated carbocycles. The van der Waals surface area contributed by atoms with Crippen molar-refractivity contribution >= 4 is 18.2 Å². The average molecular weight is 323 g/mol. The molecule has 0 aromatic carbocycles. The largest absolute Gasteiger partial charge is 0.463 e. The van der Waals surface area contributed by atoms with E-state index < -0.39 is 23.6 Å². The first kappa shape index (κ1) is 18.7. The summed E-state index contributed by atoms with van der Waals surface area (Å²) in [6.07, 6.45) is 2.74. The lowest BCUT2D eigenvalue weighted by molar-refractivity contribution is -0.123. The summed E-state index contributed by atoms with van der Waals surface area (Å²) in [6, 6.07) is 2.70. The van der Waals surface area contributed by atoms with Crippen molar-refractivity contribution in [2.24, 2.45) is 11.0 Å². The van der Waals surface area contributed by atoms with Crippen molar-refractivity contribution in [3.8, 4) is 0 Å². The van der Waals surface area contributed by atoms with Crippen LogP contribution in [0.15, 0.2) is 27.9 Å². The van der Waals surface area contributed by atoms with Crippen LogP contribution in [0.1, 0.15) is 46.8 Å². The summed E-state index contributed by atoms with van der Waals surface area (Å²) in [5.74, 6) is 0.327. The summed E-state index contributed by atoms with van der Waals surface area (Å²) >= 11 is 0. The Morgan fingerprint density at radius 2 is 2.09 bits per heavy atom. The Morgan fingerprint density at radius 3 is 2.61 bits per heavy atom. The first-order chi connectivity index (χ1) is 10.7. The van der Waals surface area contributed by atoms with Crippen LogP contribution in [0.2, 0.25) is 0 Å². The molecule has 1 rings (SSSR count). The second kappa shape index (κ2) is 8.36. The van der Waals surface area contributed by atoms with Crippen LogP contribution >= 0.6 is 0 Å². The first-order valence-corrected chi connectivity index (χ1v) is 7.53. The SMILES string of the molecule is CC(C)C[C@H](NC(=O)OC(C)(C)C)C(=O)N/N=C/c1ccco1. The van der Waals surface area contributed by atoms with Crippen LogP contribution in [-0.4, -0.2) is 29.9 Å². The Bertz CT molecular complexity index is 530. The molecule has 7 nitrogen and oxygen atoms in total. The molecule has 128 valence electrons. The number of carbonyl (C=O) groups is 2. The summed E-state index contributed by atoms with van der Waals surface area (Å²) in [5, 5.41) is 6.39. The minimum atomic E-state index is -0.724. The van der Waals surface area contributed by atoms with Crippen molar-refractivity contribution in [2.45, 2.75) is 52.7 Å². The predicted molar refractivity (Wildman–Crippen MR) is 87.1 cm³/mol. The highest BCUT2D eigenvalue weighted by Crippen LogP contribution is 2.09. The second-order valence-corrected chi connectivity index (χ2v) is 6.58. The van der Waals surface area contributed by atoms with Crippen molar-refractivity contribution in [3.63, 3.8) is 0 Å². The highest BCUT2D eigenvalue weighted by atomic mass is 16.6. The summed E-state index contributed by atoms with van der Waals surface area (Å²) in [5.41, 5.74) is 1.77. The van der Waals surface area contributed by atoms with E-state index in [4.69, 9.17) is 9.15 Å². The van der Waals surface area contributed by atoms with Gasteiger partial charge in [-0.1, -0.05) is 13.8 Å². The molecular formula is C16H25N3O4. The van der Waals surface area contributed by atoms with Crippen molar-refractivity contribution in [1.82, 2.24) is 10.7 Å². The number of carbonyl (C=O) groups excluding carboxylic acids is 2. The van der Waals surface area contributed by atoms with Gasteiger partial charge in [-0.3, -0.25) is 4.79 Å². The molecule has 0 spiro atoms. The van der Waals surface area contributed by atoms with Crippen molar-refractivity contribution in [1.29, 1.82) is 0 Å². The van der Waals surface area contributed by atoms with Gasteiger partial charge in [0.1, 0.15) is 17.4 Å². The lowest BCUT2D eigenvalue weighted by Gasteiger charge is -2.23. The van der Waals surface area contributed by atoms with Crippen LogP contribution in [0.4, 0.5) is 4.79 Å². The normalized spacial score (nSPS) is 13.1.